The van der Waals surface area contributed by atoms with Crippen LogP contribution in [0.5, 0.6) is 0 Å². The zero-order chi connectivity index (χ0) is 17.1. The van der Waals surface area contributed by atoms with Crippen LogP contribution in [0.4, 0.5) is 0 Å². The van der Waals surface area contributed by atoms with Crippen LogP contribution < -0.4 is 0 Å². The summed E-state index contributed by atoms with van der Waals surface area (Å²) in [6, 6.07) is 7.15. The van der Waals surface area contributed by atoms with Crippen molar-refractivity contribution in [2.75, 3.05) is 19.8 Å². The van der Waals surface area contributed by atoms with Gasteiger partial charge in [-0.15, -0.1) is 0 Å². The molecule has 0 aliphatic carbocycles. The highest BCUT2D eigenvalue weighted by molar-refractivity contribution is 9.10. The minimum absolute atomic E-state index is 0.140. The van der Waals surface area contributed by atoms with Crippen molar-refractivity contribution >= 4 is 27.8 Å². The van der Waals surface area contributed by atoms with E-state index in [1.165, 1.54) is 4.90 Å². The molecular formula is C16H16BrN3O4. The first-order valence-electron chi connectivity index (χ1n) is 7.45. The lowest BCUT2D eigenvalue weighted by molar-refractivity contribution is -0.139. The topological polar surface area (TPSA) is 84.7 Å². The highest BCUT2D eigenvalue weighted by Crippen LogP contribution is 2.17. The number of rotatable bonds is 4. The number of halogens is 1. The van der Waals surface area contributed by atoms with E-state index in [0.717, 1.165) is 10.2 Å². The molecule has 1 aliphatic heterocycles. The number of carboxylic acid groups (broad SMARTS) is 1. The number of benzene rings is 1. The second-order valence-corrected chi connectivity index (χ2v) is 6.38. The van der Waals surface area contributed by atoms with Crippen LogP contribution in [-0.2, 0) is 9.53 Å². The highest BCUT2D eigenvalue weighted by atomic mass is 79.9. The number of carbonyl (C=O) groups excluding carboxylic acids is 1. The molecule has 1 aromatic heterocycles. The summed E-state index contributed by atoms with van der Waals surface area (Å²) in [5.41, 5.74) is 1.17. The van der Waals surface area contributed by atoms with Gasteiger partial charge in [0, 0.05) is 22.9 Å². The number of carbonyl (C=O) groups is 2. The molecule has 1 unspecified atom stereocenters. The van der Waals surface area contributed by atoms with Gasteiger partial charge in [0.2, 0.25) is 0 Å². The molecule has 2 heterocycles. The zero-order valence-corrected chi connectivity index (χ0v) is 14.3. The molecule has 0 spiro atoms. The molecule has 126 valence electrons. The van der Waals surface area contributed by atoms with Gasteiger partial charge in [0.05, 0.1) is 25.7 Å². The summed E-state index contributed by atoms with van der Waals surface area (Å²) in [7, 11) is 0. The van der Waals surface area contributed by atoms with E-state index in [9.17, 15) is 9.59 Å². The molecule has 0 bridgehead atoms. The molecule has 0 saturated carbocycles. The van der Waals surface area contributed by atoms with Crippen LogP contribution in [0, 0.1) is 0 Å². The zero-order valence-electron chi connectivity index (χ0n) is 12.8. The number of imidazole rings is 1. The molecule has 2 aromatic rings. The second kappa shape index (κ2) is 7.14. The Morgan fingerprint density at radius 3 is 2.79 bits per heavy atom. The SMILES string of the molecule is O=C(O)CC1COCCN1C(=O)c1cn(-c2ccc(Br)cc2)cn1. The summed E-state index contributed by atoms with van der Waals surface area (Å²) in [4.78, 5) is 29.4. The molecule has 3 rings (SSSR count). The Hall–Kier alpha value is -2.19. The first kappa shape index (κ1) is 16.7. The predicted octanol–water partition coefficient (Wildman–Crippen LogP) is 1.95. The van der Waals surface area contributed by atoms with E-state index >= 15 is 0 Å². The Kier molecular flexibility index (Phi) is 4.96. The lowest BCUT2D eigenvalue weighted by atomic mass is 10.1. The van der Waals surface area contributed by atoms with Gasteiger partial charge >= 0.3 is 5.97 Å². The summed E-state index contributed by atoms with van der Waals surface area (Å²) in [5.74, 6) is -1.23. The third kappa shape index (κ3) is 3.65. The number of hydrogen-bond acceptors (Lipinski definition) is 4. The van der Waals surface area contributed by atoms with E-state index in [-0.39, 0.29) is 24.6 Å². The molecule has 1 atom stereocenters. The predicted molar refractivity (Wildman–Crippen MR) is 89.2 cm³/mol. The normalized spacial score (nSPS) is 17.7. The van der Waals surface area contributed by atoms with Gasteiger partial charge in [-0.3, -0.25) is 9.59 Å². The lowest BCUT2D eigenvalue weighted by Gasteiger charge is -2.34. The number of ether oxygens (including phenoxy) is 1. The number of carboxylic acids is 1. The number of hydrogen-bond donors (Lipinski definition) is 1. The van der Waals surface area contributed by atoms with Crippen molar-refractivity contribution in [2.45, 2.75) is 12.5 Å². The molecule has 8 heteroatoms. The first-order valence-corrected chi connectivity index (χ1v) is 8.24. The molecular weight excluding hydrogens is 378 g/mol. The number of aromatic nitrogens is 2. The van der Waals surface area contributed by atoms with Gasteiger partial charge in [-0.2, -0.15) is 0 Å². The van der Waals surface area contributed by atoms with Gasteiger partial charge < -0.3 is 19.3 Å². The summed E-state index contributed by atoms with van der Waals surface area (Å²) in [5, 5.41) is 8.99. The van der Waals surface area contributed by atoms with E-state index in [1.54, 1.807) is 17.1 Å². The average molecular weight is 394 g/mol. The van der Waals surface area contributed by atoms with Crippen molar-refractivity contribution in [3.05, 3.63) is 47.0 Å². The summed E-state index contributed by atoms with van der Waals surface area (Å²) < 4.78 is 8.02. The minimum Gasteiger partial charge on any atom is -0.481 e. The van der Waals surface area contributed by atoms with Crippen LogP contribution >= 0.6 is 15.9 Å². The maximum absolute atomic E-state index is 12.7. The van der Waals surface area contributed by atoms with Crippen LogP contribution in [0.15, 0.2) is 41.3 Å². The van der Waals surface area contributed by atoms with Gasteiger partial charge in [0.15, 0.2) is 0 Å². The Labute approximate surface area is 147 Å². The van der Waals surface area contributed by atoms with Gasteiger partial charge in [-0.25, -0.2) is 4.98 Å². The summed E-state index contributed by atoms with van der Waals surface area (Å²) >= 11 is 3.38. The smallest absolute Gasteiger partial charge is 0.305 e. The van der Waals surface area contributed by atoms with Crippen LogP contribution in [0.3, 0.4) is 0 Å². The van der Waals surface area contributed by atoms with Crippen LogP contribution in [-0.4, -0.2) is 57.2 Å². The quantitative estimate of drug-likeness (QED) is 0.857. The standard InChI is InChI=1S/C16H16BrN3O4/c17-11-1-3-12(4-2-11)19-8-14(18-10-19)16(23)20-5-6-24-9-13(20)7-15(21)22/h1-4,8,10,13H,5-7,9H2,(H,21,22). The first-order chi connectivity index (χ1) is 11.5. The fourth-order valence-electron chi connectivity index (χ4n) is 2.63. The summed E-state index contributed by atoms with van der Waals surface area (Å²) in [6.45, 7) is 0.989. The van der Waals surface area contributed by atoms with E-state index < -0.39 is 12.0 Å². The van der Waals surface area contributed by atoms with Gasteiger partial charge in [0.1, 0.15) is 12.0 Å². The molecule has 24 heavy (non-hydrogen) atoms. The van der Waals surface area contributed by atoms with Crippen molar-refractivity contribution < 1.29 is 19.4 Å². The lowest BCUT2D eigenvalue weighted by Crippen LogP contribution is -2.49. The second-order valence-electron chi connectivity index (χ2n) is 5.47. The van der Waals surface area contributed by atoms with E-state index in [4.69, 9.17) is 9.84 Å². The van der Waals surface area contributed by atoms with Crippen LogP contribution in [0.2, 0.25) is 0 Å². The van der Waals surface area contributed by atoms with Crippen molar-refractivity contribution in [3.63, 3.8) is 0 Å². The summed E-state index contributed by atoms with van der Waals surface area (Å²) in [6.07, 6.45) is 3.08. The number of morpholine rings is 1. The molecule has 1 aliphatic rings. The molecule has 0 radical (unpaired) electrons. The van der Waals surface area contributed by atoms with Gasteiger partial charge in [0.25, 0.3) is 5.91 Å². The van der Waals surface area contributed by atoms with E-state index in [2.05, 4.69) is 20.9 Å². The maximum atomic E-state index is 12.7. The molecule has 1 fully saturated rings. The molecule has 7 nitrogen and oxygen atoms in total. The average Bonchev–Trinajstić information content (AvgIpc) is 3.05. The number of amides is 1. The van der Waals surface area contributed by atoms with Crippen molar-refractivity contribution in [1.29, 1.82) is 0 Å². The Morgan fingerprint density at radius 2 is 2.08 bits per heavy atom. The Morgan fingerprint density at radius 1 is 1.33 bits per heavy atom. The molecule has 1 aromatic carbocycles. The highest BCUT2D eigenvalue weighted by Gasteiger charge is 2.30. The Balaban J connectivity index is 1.79. The van der Waals surface area contributed by atoms with Crippen molar-refractivity contribution in [3.8, 4) is 5.69 Å². The fourth-order valence-corrected chi connectivity index (χ4v) is 2.89. The molecule has 1 amide bonds. The van der Waals surface area contributed by atoms with E-state index in [0.29, 0.717) is 13.2 Å². The molecule has 1 N–H and O–H groups in total. The van der Waals surface area contributed by atoms with Crippen LogP contribution in [0.1, 0.15) is 16.9 Å². The van der Waals surface area contributed by atoms with Crippen LogP contribution in [0.25, 0.3) is 5.69 Å². The fraction of sp³-hybridized carbons (Fsp3) is 0.312. The Bertz CT molecular complexity index is 744. The van der Waals surface area contributed by atoms with Gasteiger partial charge in [-0.1, -0.05) is 15.9 Å². The van der Waals surface area contributed by atoms with Crippen molar-refractivity contribution in [2.24, 2.45) is 0 Å². The maximum Gasteiger partial charge on any atom is 0.305 e. The molecule has 1 saturated heterocycles. The van der Waals surface area contributed by atoms with Gasteiger partial charge in [-0.05, 0) is 24.3 Å². The van der Waals surface area contributed by atoms with E-state index in [1.807, 2.05) is 24.3 Å². The third-order valence-corrected chi connectivity index (χ3v) is 4.35. The minimum atomic E-state index is -0.955. The van der Waals surface area contributed by atoms with Crippen molar-refractivity contribution in [1.82, 2.24) is 14.5 Å². The third-order valence-electron chi connectivity index (χ3n) is 3.83. The monoisotopic (exact) mass is 393 g/mol. The number of nitrogens with zero attached hydrogens (tertiary/aromatic N) is 3. The largest absolute Gasteiger partial charge is 0.481 e. The number of aliphatic carboxylic acids is 1.